The third-order valence-corrected chi connectivity index (χ3v) is 4.21. The number of hydrogen-bond donors (Lipinski definition) is 2. The molecular weight excluding hydrogens is 214 g/mol. The number of rotatable bonds is 4. The van der Waals surface area contributed by atoms with Gasteiger partial charge in [0.05, 0.1) is 24.7 Å². The molecule has 0 saturated heterocycles. The van der Waals surface area contributed by atoms with Gasteiger partial charge >= 0.3 is 0 Å². The van der Waals surface area contributed by atoms with Gasteiger partial charge in [-0.15, -0.1) is 0 Å². The first-order chi connectivity index (χ1) is 8.31. The quantitative estimate of drug-likeness (QED) is 0.819. The van der Waals surface area contributed by atoms with Crippen molar-refractivity contribution in [2.24, 2.45) is 11.7 Å². The number of nitrogens with zero attached hydrogens (tertiary/aromatic N) is 2. The normalized spacial score (nSPS) is 23.2. The number of fused-ring (bicyclic) bond motifs is 1. The lowest BCUT2D eigenvalue weighted by atomic mass is 9.99. The highest BCUT2D eigenvalue weighted by Gasteiger charge is 2.35. The van der Waals surface area contributed by atoms with Crippen molar-refractivity contribution in [3.8, 4) is 0 Å². The number of aryl methyl sites for hydroxylation is 1. The average Bonchev–Trinajstić information content (AvgIpc) is 3.13. The van der Waals surface area contributed by atoms with Crippen LogP contribution < -0.4 is 5.73 Å². The fourth-order valence-electron chi connectivity index (χ4n) is 2.97. The lowest BCUT2D eigenvalue weighted by Gasteiger charge is -2.26. The standard InChI is InChI=1S/C13H21N3O/c14-13(9-5-6-9)12(7-17)16-8-15-10-3-1-2-4-11(10)16/h8-9,12-13,17H,1-7,14H2. The highest BCUT2D eigenvalue weighted by molar-refractivity contribution is 5.18. The number of imidazole rings is 1. The van der Waals surface area contributed by atoms with Gasteiger partial charge in [0, 0.05) is 11.7 Å². The topological polar surface area (TPSA) is 64.1 Å². The van der Waals surface area contributed by atoms with Crippen molar-refractivity contribution in [3.05, 3.63) is 17.7 Å². The maximum Gasteiger partial charge on any atom is 0.0955 e. The Morgan fingerprint density at radius 2 is 2.18 bits per heavy atom. The molecule has 94 valence electrons. The van der Waals surface area contributed by atoms with Crippen LogP contribution in [-0.2, 0) is 12.8 Å². The van der Waals surface area contributed by atoms with Crippen LogP contribution in [-0.4, -0.2) is 27.3 Å². The molecule has 0 aromatic carbocycles. The number of aromatic nitrogens is 2. The minimum Gasteiger partial charge on any atom is -0.394 e. The highest BCUT2D eigenvalue weighted by Crippen LogP contribution is 2.37. The van der Waals surface area contributed by atoms with E-state index in [1.807, 2.05) is 6.33 Å². The van der Waals surface area contributed by atoms with Crippen molar-refractivity contribution >= 4 is 0 Å². The summed E-state index contributed by atoms with van der Waals surface area (Å²) in [5, 5.41) is 9.62. The number of aliphatic hydroxyl groups is 1. The molecule has 3 rings (SSSR count). The molecule has 2 unspecified atom stereocenters. The van der Waals surface area contributed by atoms with Gasteiger partial charge in [-0.3, -0.25) is 0 Å². The van der Waals surface area contributed by atoms with E-state index < -0.39 is 0 Å². The first kappa shape index (κ1) is 11.2. The van der Waals surface area contributed by atoms with Crippen LogP contribution in [0.1, 0.15) is 43.1 Å². The van der Waals surface area contributed by atoms with Crippen molar-refractivity contribution in [1.29, 1.82) is 0 Å². The maximum absolute atomic E-state index is 9.62. The predicted molar refractivity (Wildman–Crippen MR) is 65.7 cm³/mol. The zero-order valence-corrected chi connectivity index (χ0v) is 10.2. The van der Waals surface area contributed by atoms with Crippen molar-refractivity contribution in [2.75, 3.05) is 6.61 Å². The zero-order chi connectivity index (χ0) is 11.8. The van der Waals surface area contributed by atoms with E-state index in [1.54, 1.807) is 0 Å². The largest absolute Gasteiger partial charge is 0.394 e. The van der Waals surface area contributed by atoms with Gasteiger partial charge in [0.25, 0.3) is 0 Å². The molecular formula is C13H21N3O. The van der Waals surface area contributed by atoms with Gasteiger partial charge < -0.3 is 15.4 Å². The third kappa shape index (κ3) is 2.00. The summed E-state index contributed by atoms with van der Waals surface area (Å²) >= 11 is 0. The Morgan fingerprint density at radius 1 is 1.41 bits per heavy atom. The molecule has 1 aromatic rings. The monoisotopic (exact) mass is 235 g/mol. The minimum atomic E-state index is 0.0249. The molecule has 0 aliphatic heterocycles. The molecule has 0 amide bonds. The molecule has 4 nitrogen and oxygen atoms in total. The van der Waals surface area contributed by atoms with Crippen molar-refractivity contribution in [1.82, 2.24) is 9.55 Å². The van der Waals surface area contributed by atoms with Crippen molar-refractivity contribution < 1.29 is 5.11 Å². The van der Waals surface area contributed by atoms with E-state index in [4.69, 9.17) is 5.73 Å². The Balaban J connectivity index is 1.87. The molecule has 2 aliphatic carbocycles. The van der Waals surface area contributed by atoms with Crippen LogP contribution in [0.4, 0.5) is 0 Å². The Hall–Kier alpha value is -0.870. The Bertz CT molecular complexity index is 397. The molecule has 1 aromatic heterocycles. The van der Waals surface area contributed by atoms with Gasteiger partial charge in [-0.2, -0.15) is 0 Å². The number of aliphatic hydroxyl groups excluding tert-OH is 1. The summed E-state index contributed by atoms with van der Waals surface area (Å²) in [5.41, 5.74) is 8.78. The van der Waals surface area contributed by atoms with E-state index in [-0.39, 0.29) is 18.7 Å². The smallest absolute Gasteiger partial charge is 0.0955 e. The van der Waals surface area contributed by atoms with Gasteiger partial charge in [-0.05, 0) is 44.4 Å². The number of hydrogen-bond acceptors (Lipinski definition) is 3. The van der Waals surface area contributed by atoms with Crippen molar-refractivity contribution in [2.45, 2.75) is 50.6 Å². The second-order valence-corrected chi connectivity index (χ2v) is 5.42. The summed E-state index contributed by atoms with van der Waals surface area (Å²) in [4.78, 5) is 4.48. The summed E-state index contributed by atoms with van der Waals surface area (Å²) in [7, 11) is 0. The van der Waals surface area contributed by atoms with Gasteiger partial charge in [0.1, 0.15) is 0 Å². The van der Waals surface area contributed by atoms with E-state index in [1.165, 1.54) is 37.1 Å². The lowest BCUT2D eigenvalue weighted by molar-refractivity contribution is 0.196. The first-order valence-electron chi connectivity index (χ1n) is 6.72. The van der Waals surface area contributed by atoms with Crippen LogP contribution in [0.2, 0.25) is 0 Å². The van der Waals surface area contributed by atoms with Gasteiger partial charge in [0.2, 0.25) is 0 Å². The Kier molecular flexibility index (Phi) is 2.92. The zero-order valence-electron chi connectivity index (χ0n) is 10.2. The summed E-state index contributed by atoms with van der Waals surface area (Å²) < 4.78 is 2.15. The molecule has 2 atom stereocenters. The SMILES string of the molecule is NC(C1CC1)C(CO)n1cnc2c1CCCC2. The number of nitrogens with two attached hydrogens (primary N) is 1. The van der Waals surface area contributed by atoms with Gasteiger partial charge in [-0.25, -0.2) is 4.98 Å². The minimum absolute atomic E-state index is 0.0249. The first-order valence-corrected chi connectivity index (χ1v) is 6.72. The molecule has 3 N–H and O–H groups in total. The fourth-order valence-corrected chi connectivity index (χ4v) is 2.97. The molecule has 0 spiro atoms. The molecule has 0 bridgehead atoms. The van der Waals surface area contributed by atoms with Crippen LogP contribution in [0.5, 0.6) is 0 Å². The summed E-state index contributed by atoms with van der Waals surface area (Å²) in [6.45, 7) is 0.125. The highest BCUT2D eigenvalue weighted by atomic mass is 16.3. The van der Waals surface area contributed by atoms with Gasteiger partial charge in [0.15, 0.2) is 0 Å². The molecule has 0 radical (unpaired) electrons. The van der Waals surface area contributed by atoms with E-state index >= 15 is 0 Å². The summed E-state index contributed by atoms with van der Waals surface area (Å²) in [5.74, 6) is 0.605. The molecule has 1 saturated carbocycles. The second kappa shape index (κ2) is 4.42. The van der Waals surface area contributed by atoms with Crippen molar-refractivity contribution in [3.63, 3.8) is 0 Å². The van der Waals surface area contributed by atoms with Crippen LogP contribution in [0.15, 0.2) is 6.33 Å². The maximum atomic E-state index is 9.62. The summed E-state index contributed by atoms with van der Waals surface area (Å²) in [6.07, 6.45) is 8.96. The summed E-state index contributed by atoms with van der Waals surface area (Å²) in [6, 6.07) is 0.108. The lowest BCUT2D eigenvalue weighted by Crippen LogP contribution is -2.37. The average molecular weight is 235 g/mol. The predicted octanol–water partition coefficient (Wildman–Crippen LogP) is 1.03. The molecule has 1 heterocycles. The van der Waals surface area contributed by atoms with E-state index in [0.29, 0.717) is 5.92 Å². The van der Waals surface area contributed by atoms with Crippen LogP contribution in [0.25, 0.3) is 0 Å². The Labute approximate surface area is 102 Å². The van der Waals surface area contributed by atoms with Crippen LogP contribution >= 0.6 is 0 Å². The van der Waals surface area contributed by atoms with E-state index in [2.05, 4.69) is 9.55 Å². The van der Waals surface area contributed by atoms with Gasteiger partial charge in [-0.1, -0.05) is 0 Å². The third-order valence-electron chi connectivity index (χ3n) is 4.21. The molecule has 1 fully saturated rings. The molecule has 17 heavy (non-hydrogen) atoms. The molecule has 4 heteroatoms. The second-order valence-electron chi connectivity index (χ2n) is 5.42. The van der Waals surface area contributed by atoms with E-state index in [0.717, 1.165) is 12.8 Å². The van der Waals surface area contributed by atoms with E-state index in [9.17, 15) is 5.11 Å². The van der Waals surface area contributed by atoms with Crippen LogP contribution in [0, 0.1) is 5.92 Å². The Morgan fingerprint density at radius 3 is 2.88 bits per heavy atom. The van der Waals surface area contributed by atoms with Crippen LogP contribution in [0.3, 0.4) is 0 Å². The molecule has 2 aliphatic rings. The fraction of sp³-hybridized carbons (Fsp3) is 0.769.